The van der Waals surface area contributed by atoms with Crippen molar-refractivity contribution in [3.05, 3.63) is 52.5 Å². The van der Waals surface area contributed by atoms with Gasteiger partial charge in [0.15, 0.2) is 11.5 Å². The molecule has 0 unspecified atom stereocenters. The molecule has 0 aliphatic heterocycles. The fraction of sp³-hybridized carbons (Fsp3) is 0.464. The summed E-state index contributed by atoms with van der Waals surface area (Å²) in [5.41, 5.74) is 2.10. The number of aliphatic carboxylic acids is 1. The molecule has 0 spiro atoms. The SMILES string of the molecule is COc1cc2sc(CCC(=O)C3(CC(=O)O)Cc4ccccc4C3)nc2cc1OCCC[N+](C)(C)C. The maximum Gasteiger partial charge on any atom is 0.304 e. The molecule has 4 rings (SSSR count). The standard InChI is InChI=1S/C28H34N2O5S/c1-30(2,3)12-7-13-35-23-14-21-24(15-22(23)34-4)36-26(29-21)11-10-25(31)28(18-27(32)33)16-19-8-5-6-9-20(19)17-28/h5-6,8-9,14-15H,7,10-13,16-18H2,1-4H3/p+1. The van der Waals surface area contributed by atoms with Crippen molar-refractivity contribution in [2.24, 2.45) is 5.41 Å². The van der Waals surface area contributed by atoms with Crippen LogP contribution in [0.4, 0.5) is 0 Å². The Kier molecular flexibility index (Phi) is 7.66. The van der Waals surface area contributed by atoms with Crippen molar-refractivity contribution in [2.45, 2.75) is 38.5 Å². The Bertz CT molecular complexity index is 1240. The Hall–Kier alpha value is -2.97. The highest BCUT2D eigenvalue weighted by Gasteiger charge is 2.44. The summed E-state index contributed by atoms with van der Waals surface area (Å²) in [6.45, 7) is 1.60. The molecule has 1 N–H and O–H groups in total. The van der Waals surface area contributed by atoms with Gasteiger partial charge in [-0.25, -0.2) is 4.98 Å². The van der Waals surface area contributed by atoms with Crippen LogP contribution >= 0.6 is 11.3 Å². The number of fused-ring (bicyclic) bond motifs is 2. The van der Waals surface area contributed by atoms with Crippen molar-refractivity contribution in [3.63, 3.8) is 0 Å². The Labute approximate surface area is 216 Å². The molecule has 0 atom stereocenters. The van der Waals surface area contributed by atoms with Crippen molar-refractivity contribution in [2.75, 3.05) is 41.4 Å². The Balaban J connectivity index is 1.45. The van der Waals surface area contributed by atoms with Gasteiger partial charge in [0.05, 0.1) is 63.0 Å². The highest BCUT2D eigenvalue weighted by atomic mass is 32.1. The van der Waals surface area contributed by atoms with Crippen LogP contribution in [0.25, 0.3) is 10.2 Å². The molecule has 0 radical (unpaired) electrons. The number of rotatable bonds is 12. The maximum atomic E-state index is 13.4. The lowest BCUT2D eigenvalue weighted by atomic mass is 9.76. The molecule has 0 bridgehead atoms. The molecule has 0 saturated heterocycles. The van der Waals surface area contributed by atoms with E-state index in [1.54, 1.807) is 7.11 Å². The number of methoxy groups -OCH3 is 1. The van der Waals surface area contributed by atoms with Gasteiger partial charge in [-0.15, -0.1) is 11.3 Å². The number of carbonyl (C=O) groups is 2. The van der Waals surface area contributed by atoms with Gasteiger partial charge in [0.2, 0.25) is 0 Å². The zero-order valence-electron chi connectivity index (χ0n) is 21.5. The number of carboxylic acid groups (broad SMARTS) is 1. The minimum atomic E-state index is -0.933. The van der Waals surface area contributed by atoms with Crippen molar-refractivity contribution in [1.29, 1.82) is 0 Å². The molecule has 1 aromatic heterocycles. The summed E-state index contributed by atoms with van der Waals surface area (Å²) < 4.78 is 13.4. The summed E-state index contributed by atoms with van der Waals surface area (Å²) in [5.74, 6) is 0.406. The molecule has 7 nitrogen and oxygen atoms in total. The lowest BCUT2D eigenvalue weighted by Gasteiger charge is -2.25. The molecular weight excluding hydrogens is 476 g/mol. The van der Waals surface area contributed by atoms with Crippen LogP contribution in [0, 0.1) is 5.41 Å². The highest BCUT2D eigenvalue weighted by molar-refractivity contribution is 7.18. The third-order valence-electron chi connectivity index (χ3n) is 6.77. The molecule has 1 heterocycles. The number of hydrogen-bond donors (Lipinski definition) is 1. The largest absolute Gasteiger partial charge is 0.493 e. The fourth-order valence-corrected chi connectivity index (χ4v) is 5.95. The average Bonchev–Trinajstić information content (AvgIpc) is 3.39. The molecule has 0 fully saturated rings. The topological polar surface area (TPSA) is 85.7 Å². The van der Waals surface area contributed by atoms with Crippen LogP contribution in [0.5, 0.6) is 11.5 Å². The van der Waals surface area contributed by atoms with Crippen LogP contribution in [0.3, 0.4) is 0 Å². The number of Topliss-reactive ketones (excluding diaryl/α,β-unsaturated/α-hetero) is 1. The molecule has 36 heavy (non-hydrogen) atoms. The quantitative estimate of drug-likeness (QED) is 0.284. The third kappa shape index (κ3) is 6.05. The molecule has 0 amide bonds. The van der Waals surface area contributed by atoms with E-state index in [0.29, 0.717) is 37.4 Å². The van der Waals surface area contributed by atoms with E-state index in [0.717, 1.165) is 43.8 Å². The van der Waals surface area contributed by atoms with Crippen LogP contribution in [-0.2, 0) is 28.9 Å². The summed E-state index contributed by atoms with van der Waals surface area (Å²) in [6, 6.07) is 11.7. The molecule has 192 valence electrons. The zero-order chi connectivity index (χ0) is 25.9. The lowest BCUT2D eigenvalue weighted by molar-refractivity contribution is -0.870. The fourth-order valence-electron chi connectivity index (χ4n) is 4.97. The van der Waals surface area contributed by atoms with Gasteiger partial charge in [-0.1, -0.05) is 24.3 Å². The Morgan fingerprint density at radius 1 is 1.11 bits per heavy atom. The van der Waals surface area contributed by atoms with Crippen molar-refractivity contribution >= 4 is 33.3 Å². The van der Waals surface area contributed by atoms with Gasteiger partial charge >= 0.3 is 5.97 Å². The predicted octanol–water partition coefficient (Wildman–Crippen LogP) is 4.54. The second-order valence-corrected chi connectivity index (χ2v) is 11.8. The van der Waals surface area contributed by atoms with E-state index >= 15 is 0 Å². The van der Waals surface area contributed by atoms with Gasteiger partial charge in [-0.3, -0.25) is 9.59 Å². The molecule has 8 heteroatoms. The van der Waals surface area contributed by atoms with Crippen LogP contribution in [0.1, 0.15) is 35.4 Å². The number of benzene rings is 2. The van der Waals surface area contributed by atoms with Gasteiger partial charge in [-0.05, 0) is 24.0 Å². The van der Waals surface area contributed by atoms with Crippen molar-refractivity contribution in [3.8, 4) is 11.5 Å². The zero-order valence-corrected chi connectivity index (χ0v) is 22.3. The summed E-state index contributed by atoms with van der Waals surface area (Å²) in [5, 5.41) is 10.4. The van der Waals surface area contributed by atoms with E-state index < -0.39 is 11.4 Å². The van der Waals surface area contributed by atoms with Gasteiger partial charge in [0, 0.05) is 36.8 Å². The Morgan fingerprint density at radius 3 is 2.42 bits per heavy atom. The van der Waals surface area contributed by atoms with E-state index in [4.69, 9.17) is 14.5 Å². The van der Waals surface area contributed by atoms with Gasteiger partial charge in [-0.2, -0.15) is 0 Å². The smallest absolute Gasteiger partial charge is 0.304 e. The number of carboxylic acids is 1. The van der Waals surface area contributed by atoms with Gasteiger partial charge in [0.1, 0.15) is 5.78 Å². The van der Waals surface area contributed by atoms with Crippen LogP contribution < -0.4 is 9.47 Å². The molecule has 0 saturated carbocycles. The predicted molar refractivity (Wildman–Crippen MR) is 141 cm³/mol. The first kappa shape index (κ1) is 26.1. The molecular formula is C28H35N2O5S+. The van der Waals surface area contributed by atoms with E-state index in [9.17, 15) is 14.7 Å². The summed E-state index contributed by atoms with van der Waals surface area (Å²) in [7, 11) is 8.10. The maximum absolute atomic E-state index is 13.4. The first-order valence-electron chi connectivity index (χ1n) is 12.3. The normalized spacial score (nSPS) is 14.6. The molecule has 1 aliphatic rings. The lowest BCUT2D eigenvalue weighted by Crippen LogP contribution is -2.35. The monoisotopic (exact) mass is 511 g/mol. The van der Waals surface area contributed by atoms with E-state index in [1.807, 2.05) is 36.4 Å². The van der Waals surface area contributed by atoms with Gasteiger partial charge in [0.25, 0.3) is 0 Å². The minimum Gasteiger partial charge on any atom is -0.493 e. The van der Waals surface area contributed by atoms with Crippen LogP contribution in [0.2, 0.25) is 0 Å². The van der Waals surface area contributed by atoms with E-state index in [-0.39, 0.29) is 18.6 Å². The number of ketones is 1. The highest BCUT2D eigenvalue weighted by Crippen LogP contribution is 2.42. The first-order valence-corrected chi connectivity index (χ1v) is 13.1. The van der Waals surface area contributed by atoms with Crippen LogP contribution in [-0.4, -0.2) is 67.7 Å². The number of nitrogens with zero attached hydrogens (tertiary/aromatic N) is 2. The van der Waals surface area contributed by atoms with Crippen molar-refractivity contribution in [1.82, 2.24) is 4.98 Å². The number of quaternary nitrogens is 1. The summed E-state index contributed by atoms with van der Waals surface area (Å²) in [6.07, 6.45) is 2.51. The second-order valence-electron chi connectivity index (χ2n) is 10.7. The van der Waals surface area contributed by atoms with Gasteiger partial charge < -0.3 is 19.1 Å². The summed E-state index contributed by atoms with van der Waals surface area (Å²) in [4.78, 5) is 29.8. The number of aryl methyl sites for hydroxylation is 1. The van der Waals surface area contributed by atoms with E-state index in [1.165, 1.54) is 11.3 Å². The number of ether oxygens (including phenoxy) is 2. The van der Waals surface area contributed by atoms with Crippen molar-refractivity contribution < 1.29 is 28.7 Å². The third-order valence-corrected chi connectivity index (χ3v) is 7.85. The average molecular weight is 512 g/mol. The first-order chi connectivity index (χ1) is 17.1. The summed E-state index contributed by atoms with van der Waals surface area (Å²) >= 11 is 1.53. The number of aromatic nitrogens is 1. The van der Waals surface area contributed by atoms with E-state index in [2.05, 4.69) is 21.1 Å². The Morgan fingerprint density at radius 2 is 1.81 bits per heavy atom. The second kappa shape index (κ2) is 10.6. The molecule has 1 aliphatic carbocycles. The van der Waals surface area contributed by atoms with Crippen LogP contribution in [0.15, 0.2) is 36.4 Å². The number of hydrogen-bond acceptors (Lipinski definition) is 6. The number of thiazole rings is 1. The molecule has 2 aromatic carbocycles. The number of carbonyl (C=O) groups excluding carboxylic acids is 1. The minimum absolute atomic E-state index is 0.000732. The molecule has 3 aromatic rings.